The fourth-order valence-corrected chi connectivity index (χ4v) is 2.13. The Bertz CT molecular complexity index is 405. The van der Waals surface area contributed by atoms with E-state index in [1.54, 1.807) is 0 Å². The second kappa shape index (κ2) is 4.48. The van der Waals surface area contributed by atoms with Crippen LogP contribution in [0.1, 0.15) is 38.2 Å². The van der Waals surface area contributed by atoms with Crippen LogP contribution in [0.5, 0.6) is 5.88 Å². The highest BCUT2D eigenvalue weighted by Gasteiger charge is 2.29. The predicted molar refractivity (Wildman–Crippen MR) is 58.8 cm³/mol. The van der Waals surface area contributed by atoms with Crippen LogP contribution in [0.3, 0.4) is 0 Å². The summed E-state index contributed by atoms with van der Waals surface area (Å²) in [6.45, 7) is 2.87. The smallest absolute Gasteiger partial charge is 0.234 e. The van der Waals surface area contributed by atoms with E-state index in [1.165, 1.54) is 38.2 Å². The lowest BCUT2D eigenvalue weighted by Crippen LogP contribution is -2.21. The van der Waals surface area contributed by atoms with E-state index in [0.717, 1.165) is 0 Å². The Labute approximate surface area is 95.3 Å². The average Bonchev–Trinajstić information content (AvgIpc) is 2.74. The zero-order valence-electron chi connectivity index (χ0n) is 9.44. The summed E-state index contributed by atoms with van der Waals surface area (Å²) in [4.78, 5) is 7.79. The highest BCUT2D eigenvalue weighted by atomic mass is 16.5. The first-order chi connectivity index (χ1) is 7.73. The fraction of sp³-hybridized carbons (Fsp3) is 0.583. The third kappa shape index (κ3) is 2.30. The molecule has 1 aromatic heterocycles. The van der Waals surface area contributed by atoms with Gasteiger partial charge >= 0.3 is 0 Å². The maximum Gasteiger partial charge on any atom is 0.234 e. The van der Waals surface area contributed by atoms with Crippen molar-refractivity contribution in [2.45, 2.75) is 32.6 Å². The summed E-state index contributed by atoms with van der Waals surface area (Å²) in [7, 11) is 0. The van der Waals surface area contributed by atoms with E-state index in [9.17, 15) is 0 Å². The van der Waals surface area contributed by atoms with E-state index in [0.29, 0.717) is 18.1 Å². The lowest BCUT2D eigenvalue weighted by molar-refractivity contribution is 0.162. The molecule has 0 N–H and O–H groups in total. The Morgan fingerprint density at radius 2 is 2.25 bits per heavy atom. The molecular formula is C12H15N3O. The summed E-state index contributed by atoms with van der Waals surface area (Å²) in [6.07, 6.45) is 7.83. The predicted octanol–water partition coefficient (Wildman–Crippen LogP) is 2.31. The van der Waals surface area contributed by atoms with Gasteiger partial charge in [0.25, 0.3) is 0 Å². The van der Waals surface area contributed by atoms with Gasteiger partial charge in [0, 0.05) is 5.41 Å². The van der Waals surface area contributed by atoms with Crippen molar-refractivity contribution >= 4 is 0 Å². The Balaban J connectivity index is 2.02. The molecule has 0 aromatic carbocycles. The van der Waals surface area contributed by atoms with E-state index in [1.807, 2.05) is 6.07 Å². The van der Waals surface area contributed by atoms with Crippen LogP contribution in [0, 0.1) is 16.7 Å². The second-order valence-corrected chi connectivity index (χ2v) is 4.66. The minimum atomic E-state index is 0.248. The molecule has 1 aliphatic carbocycles. The first kappa shape index (κ1) is 10.9. The third-order valence-electron chi connectivity index (χ3n) is 3.16. The van der Waals surface area contributed by atoms with E-state index in [4.69, 9.17) is 10.00 Å². The van der Waals surface area contributed by atoms with Crippen molar-refractivity contribution in [1.82, 2.24) is 9.97 Å². The molecule has 0 amide bonds. The maximum absolute atomic E-state index is 8.86. The topological polar surface area (TPSA) is 58.8 Å². The van der Waals surface area contributed by atoms with Gasteiger partial charge < -0.3 is 4.74 Å². The molecule has 4 heteroatoms. The quantitative estimate of drug-likeness (QED) is 0.779. The SMILES string of the molecule is CC1(COc2ncncc2C#N)CCCC1. The fourth-order valence-electron chi connectivity index (χ4n) is 2.13. The van der Waals surface area contributed by atoms with Gasteiger partial charge in [-0.1, -0.05) is 19.8 Å². The summed E-state index contributed by atoms with van der Waals surface area (Å²) < 4.78 is 5.64. The van der Waals surface area contributed by atoms with E-state index in [2.05, 4.69) is 16.9 Å². The van der Waals surface area contributed by atoms with Crippen LogP contribution in [0.15, 0.2) is 12.5 Å². The molecule has 2 rings (SSSR count). The number of rotatable bonds is 3. The summed E-state index contributed by atoms with van der Waals surface area (Å²) in [5.74, 6) is 0.408. The van der Waals surface area contributed by atoms with Crippen LogP contribution >= 0.6 is 0 Å². The van der Waals surface area contributed by atoms with Crippen molar-refractivity contribution in [2.75, 3.05) is 6.61 Å². The molecule has 1 fully saturated rings. The lowest BCUT2D eigenvalue weighted by Gasteiger charge is -2.23. The molecule has 1 heterocycles. The lowest BCUT2D eigenvalue weighted by atomic mass is 9.90. The number of nitrogens with zero attached hydrogens (tertiary/aromatic N) is 3. The van der Waals surface area contributed by atoms with Gasteiger partial charge in [-0.2, -0.15) is 5.26 Å². The summed E-state index contributed by atoms with van der Waals surface area (Å²) >= 11 is 0. The van der Waals surface area contributed by atoms with E-state index < -0.39 is 0 Å². The largest absolute Gasteiger partial charge is 0.476 e. The second-order valence-electron chi connectivity index (χ2n) is 4.66. The zero-order chi connectivity index (χ0) is 11.4. The van der Waals surface area contributed by atoms with Crippen molar-refractivity contribution in [3.63, 3.8) is 0 Å². The molecule has 0 atom stereocenters. The first-order valence-corrected chi connectivity index (χ1v) is 5.56. The minimum Gasteiger partial charge on any atom is -0.476 e. The van der Waals surface area contributed by atoms with Crippen molar-refractivity contribution in [2.24, 2.45) is 5.41 Å². The summed E-state index contributed by atoms with van der Waals surface area (Å²) in [6, 6.07) is 2.03. The van der Waals surface area contributed by atoms with Gasteiger partial charge in [-0.15, -0.1) is 0 Å². The van der Waals surface area contributed by atoms with Crippen LogP contribution in [0.2, 0.25) is 0 Å². The molecule has 16 heavy (non-hydrogen) atoms. The van der Waals surface area contributed by atoms with Crippen molar-refractivity contribution in [3.05, 3.63) is 18.1 Å². The zero-order valence-corrected chi connectivity index (χ0v) is 9.44. The molecule has 84 valence electrons. The van der Waals surface area contributed by atoms with E-state index >= 15 is 0 Å². The van der Waals surface area contributed by atoms with Crippen LogP contribution in [0.25, 0.3) is 0 Å². The van der Waals surface area contributed by atoms with Gasteiger partial charge in [0.1, 0.15) is 18.0 Å². The number of hydrogen-bond acceptors (Lipinski definition) is 4. The van der Waals surface area contributed by atoms with Gasteiger partial charge in [0.05, 0.1) is 12.8 Å². The Morgan fingerprint density at radius 1 is 1.50 bits per heavy atom. The molecule has 0 aliphatic heterocycles. The summed E-state index contributed by atoms with van der Waals surface area (Å²) in [5.41, 5.74) is 0.654. The number of nitriles is 1. The van der Waals surface area contributed by atoms with E-state index in [-0.39, 0.29) is 5.41 Å². The van der Waals surface area contributed by atoms with Gasteiger partial charge in [-0.3, -0.25) is 0 Å². The Kier molecular flexibility index (Phi) is 3.04. The van der Waals surface area contributed by atoms with Crippen molar-refractivity contribution < 1.29 is 4.74 Å². The van der Waals surface area contributed by atoms with Crippen LogP contribution in [0.4, 0.5) is 0 Å². The van der Waals surface area contributed by atoms with Crippen molar-refractivity contribution in [3.8, 4) is 11.9 Å². The minimum absolute atomic E-state index is 0.248. The standard InChI is InChI=1S/C12H15N3O/c1-12(4-2-3-5-12)8-16-11-10(6-13)7-14-9-15-11/h7,9H,2-5,8H2,1H3. The molecule has 1 saturated carbocycles. The van der Waals surface area contributed by atoms with Crippen LogP contribution in [-0.4, -0.2) is 16.6 Å². The number of aromatic nitrogens is 2. The molecule has 0 bridgehead atoms. The number of ether oxygens (including phenoxy) is 1. The molecule has 0 spiro atoms. The molecule has 1 aliphatic rings. The molecule has 0 radical (unpaired) electrons. The van der Waals surface area contributed by atoms with Gasteiger partial charge in [0.2, 0.25) is 5.88 Å². The molecule has 4 nitrogen and oxygen atoms in total. The van der Waals surface area contributed by atoms with Gasteiger partial charge in [0.15, 0.2) is 0 Å². The highest BCUT2D eigenvalue weighted by molar-refractivity contribution is 5.34. The maximum atomic E-state index is 8.86. The number of hydrogen-bond donors (Lipinski definition) is 0. The summed E-state index contributed by atoms with van der Waals surface area (Å²) in [5, 5.41) is 8.86. The monoisotopic (exact) mass is 217 g/mol. The van der Waals surface area contributed by atoms with Gasteiger partial charge in [-0.05, 0) is 12.8 Å². The average molecular weight is 217 g/mol. The molecule has 1 aromatic rings. The third-order valence-corrected chi connectivity index (χ3v) is 3.16. The molecular weight excluding hydrogens is 202 g/mol. The molecule has 0 unspecified atom stereocenters. The van der Waals surface area contributed by atoms with Crippen LogP contribution < -0.4 is 4.74 Å². The normalized spacial score (nSPS) is 18.0. The Hall–Kier alpha value is -1.63. The first-order valence-electron chi connectivity index (χ1n) is 5.56. The molecule has 0 saturated heterocycles. The van der Waals surface area contributed by atoms with Gasteiger partial charge in [-0.25, -0.2) is 9.97 Å². The van der Waals surface area contributed by atoms with Crippen molar-refractivity contribution in [1.29, 1.82) is 5.26 Å². The Morgan fingerprint density at radius 3 is 2.94 bits per heavy atom. The van der Waals surface area contributed by atoms with Crippen LogP contribution in [-0.2, 0) is 0 Å². The highest BCUT2D eigenvalue weighted by Crippen LogP contribution is 2.37.